The van der Waals surface area contributed by atoms with E-state index in [1.165, 1.54) is 0 Å². The molecular formula is C12H22O. The van der Waals surface area contributed by atoms with E-state index in [2.05, 4.69) is 13.2 Å². The lowest BCUT2D eigenvalue weighted by molar-refractivity contribution is 0.159. The van der Waals surface area contributed by atoms with E-state index in [9.17, 15) is 0 Å². The maximum atomic E-state index is 5.28. The standard InChI is InChI=1S/C10H16O.C2H6/c1-8(2)6-7-10(5)11-9(3)4;1-2/h6-7,9H,1,5H2,2-4H3;1-2H3/b7-6-;. The molecule has 0 saturated carbocycles. The van der Waals surface area contributed by atoms with E-state index in [-0.39, 0.29) is 6.10 Å². The Hall–Kier alpha value is -0.980. The van der Waals surface area contributed by atoms with Crippen molar-refractivity contribution in [3.63, 3.8) is 0 Å². The van der Waals surface area contributed by atoms with Crippen LogP contribution in [0.3, 0.4) is 0 Å². The van der Waals surface area contributed by atoms with Gasteiger partial charge in [0, 0.05) is 0 Å². The third-order valence-electron chi connectivity index (χ3n) is 0.941. The number of rotatable bonds is 4. The molecule has 0 aromatic carbocycles. The number of hydrogen-bond donors (Lipinski definition) is 0. The first kappa shape index (κ1) is 14.5. The van der Waals surface area contributed by atoms with E-state index in [0.29, 0.717) is 5.76 Å². The Labute approximate surface area is 82.8 Å². The Bertz CT molecular complexity index is 176. The average molecular weight is 182 g/mol. The Morgan fingerprint density at radius 3 is 1.92 bits per heavy atom. The molecule has 0 aliphatic carbocycles. The van der Waals surface area contributed by atoms with Crippen LogP contribution in [0.5, 0.6) is 0 Å². The van der Waals surface area contributed by atoms with Crippen molar-refractivity contribution in [1.29, 1.82) is 0 Å². The molecule has 0 amide bonds. The predicted octanol–water partition coefficient (Wildman–Crippen LogP) is 4.08. The molecule has 0 atom stereocenters. The minimum absolute atomic E-state index is 0.192. The Balaban J connectivity index is 0. The van der Waals surface area contributed by atoms with Gasteiger partial charge in [-0.15, -0.1) is 0 Å². The van der Waals surface area contributed by atoms with E-state index in [1.54, 1.807) is 0 Å². The van der Waals surface area contributed by atoms with Crippen molar-refractivity contribution in [2.45, 2.75) is 40.7 Å². The molecule has 1 heteroatoms. The number of ether oxygens (including phenoxy) is 1. The third kappa shape index (κ3) is 13.9. The van der Waals surface area contributed by atoms with Gasteiger partial charge in [-0.2, -0.15) is 0 Å². The summed E-state index contributed by atoms with van der Waals surface area (Å²) in [5.41, 5.74) is 0.999. The highest BCUT2D eigenvalue weighted by atomic mass is 16.5. The van der Waals surface area contributed by atoms with Gasteiger partial charge in [0.2, 0.25) is 0 Å². The van der Waals surface area contributed by atoms with Gasteiger partial charge in [-0.25, -0.2) is 0 Å². The van der Waals surface area contributed by atoms with Crippen LogP contribution in [-0.2, 0) is 4.74 Å². The first-order chi connectivity index (χ1) is 6.02. The number of hydrogen-bond acceptors (Lipinski definition) is 1. The van der Waals surface area contributed by atoms with Crippen LogP contribution in [0, 0.1) is 0 Å². The minimum Gasteiger partial charge on any atom is -0.492 e. The Morgan fingerprint density at radius 2 is 1.62 bits per heavy atom. The molecule has 0 N–H and O–H groups in total. The summed E-state index contributed by atoms with van der Waals surface area (Å²) in [5, 5.41) is 0. The SMILES string of the molecule is C=C(C)/C=C\C(=C)OC(C)C.CC. The minimum atomic E-state index is 0.192. The van der Waals surface area contributed by atoms with E-state index in [0.717, 1.165) is 5.57 Å². The van der Waals surface area contributed by atoms with E-state index < -0.39 is 0 Å². The van der Waals surface area contributed by atoms with E-state index >= 15 is 0 Å². The summed E-state index contributed by atoms with van der Waals surface area (Å²) in [7, 11) is 0. The molecule has 0 unspecified atom stereocenters. The summed E-state index contributed by atoms with van der Waals surface area (Å²) < 4.78 is 5.28. The first-order valence-electron chi connectivity index (χ1n) is 4.71. The highest BCUT2D eigenvalue weighted by molar-refractivity contribution is 5.19. The fraction of sp³-hybridized carbons (Fsp3) is 0.500. The molecule has 0 radical (unpaired) electrons. The first-order valence-corrected chi connectivity index (χ1v) is 4.71. The van der Waals surface area contributed by atoms with Crippen LogP contribution in [0.4, 0.5) is 0 Å². The molecule has 13 heavy (non-hydrogen) atoms. The Kier molecular flexibility index (Phi) is 10.2. The Morgan fingerprint density at radius 1 is 1.15 bits per heavy atom. The third-order valence-corrected chi connectivity index (χ3v) is 0.941. The normalized spacial score (nSPS) is 9.38. The second kappa shape index (κ2) is 9.11. The molecule has 0 bridgehead atoms. The van der Waals surface area contributed by atoms with Gasteiger partial charge < -0.3 is 4.74 Å². The van der Waals surface area contributed by atoms with Crippen molar-refractivity contribution >= 4 is 0 Å². The second-order valence-corrected chi connectivity index (χ2v) is 2.81. The zero-order valence-corrected chi connectivity index (χ0v) is 9.55. The molecule has 0 aliphatic rings. The summed E-state index contributed by atoms with van der Waals surface area (Å²) in [6, 6.07) is 0. The van der Waals surface area contributed by atoms with Gasteiger partial charge in [0.25, 0.3) is 0 Å². The molecule has 0 aromatic rings. The van der Waals surface area contributed by atoms with Crippen molar-refractivity contribution < 1.29 is 4.74 Å². The molecule has 0 spiro atoms. The van der Waals surface area contributed by atoms with Gasteiger partial charge in [-0.05, 0) is 26.8 Å². The summed E-state index contributed by atoms with van der Waals surface area (Å²) in [6.07, 6.45) is 3.89. The maximum absolute atomic E-state index is 5.28. The molecule has 0 heterocycles. The van der Waals surface area contributed by atoms with Crippen LogP contribution in [0.1, 0.15) is 34.6 Å². The highest BCUT2D eigenvalue weighted by Gasteiger charge is 1.92. The molecular weight excluding hydrogens is 160 g/mol. The molecule has 76 valence electrons. The molecule has 0 saturated heterocycles. The van der Waals surface area contributed by atoms with Gasteiger partial charge in [-0.1, -0.05) is 38.7 Å². The smallest absolute Gasteiger partial charge is 0.112 e. The molecule has 0 fully saturated rings. The molecule has 0 rings (SSSR count). The lowest BCUT2D eigenvalue weighted by Gasteiger charge is -2.08. The van der Waals surface area contributed by atoms with Crippen LogP contribution in [0.2, 0.25) is 0 Å². The predicted molar refractivity (Wildman–Crippen MR) is 60.7 cm³/mol. The monoisotopic (exact) mass is 182 g/mol. The van der Waals surface area contributed by atoms with Crippen LogP contribution in [-0.4, -0.2) is 6.10 Å². The fourth-order valence-electron chi connectivity index (χ4n) is 0.577. The van der Waals surface area contributed by atoms with Crippen LogP contribution >= 0.6 is 0 Å². The van der Waals surface area contributed by atoms with Crippen molar-refractivity contribution in [2.75, 3.05) is 0 Å². The largest absolute Gasteiger partial charge is 0.492 e. The van der Waals surface area contributed by atoms with Crippen LogP contribution in [0.25, 0.3) is 0 Å². The van der Waals surface area contributed by atoms with Crippen LogP contribution in [0.15, 0.2) is 36.6 Å². The summed E-state index contributed by atoms with van der Waals surface area (Å²) >= 11 is 0. The average Bonchev–Trinajstić information content (AvgIpc) is 2.03. The maximum Gasteiger partial charge on any atom is 0.112 e. The fourth-order valence-corrected chi connectivity index (χ4v) is 0.577. The summed E-state index contributed by atoms with van der Waals surface area (Å²) in [5.74, 6) is 0.683. The zero-order valence-electron chi connectivity index (χ0n) is 9.55. The highest BCUT2D eigenvalue weighted by Crippen LogP contribution is 2.02. The number of allylic oxidation sites excluding steroid dienone is 3. The van der Waals surface area contributed by atoms with Crippen molar-refractivity contribution in [1.82, 2.24) is 0 Å². The second-order valence-electron chi connectivity index (χ2n) is 2.81. The quantitative estimate of drug-likeness (QED) is 0.470. The zero-order chi connectivity index (χ0) is 10.9. The molecule has 1 nitrogen and oxygen atoms in total. The van der Waals surface area contributed by atoms with Crippen molar-refractivity contribution in [3.8, 4) is 0 Å². The van der Waals surface area contributed by atoms with Gasteiger partial charge in [-0.3, -0.25) is 0 Å². The van der Waals surface area contributed by atoms with E-state index in [4.69, 9.17) is 4.74 Å². The summed E-state index contributed by atoms with van der Waals surface area (Å²) in [4.78, 5) is 0. The van der Waals surface area contributed by atoms with Crippen molar-refractivity contribution in [2.24, 2.45) is 0 Å². The van der Waals surface area contributed by atoms with Gasteiger partial charge in [0.1, 0.15) is 5.76 Å². The lowest BCUT2D eigenvalue weighted by Crippen LogP contribution is -1.99. The van der Waals surface area contributed by atoms with E-state index in [1.807, 2.05) is 46.8 Å². The molecule has 0 aliphatic heterocycles. The lowest BCUT2D eigenvalue weighted by atomic mass is 10.3. The van der Waals surface area contributed by atoms with Crippen LogP contribution < -0.4 is 0 Å². The van der Waals surface area contributed by atoms with Crippen molar-refractivity contribution in [3.05, 3.63) is 36.6 Å². The summed E-state index contributed by atoms with van der Waals surface area (Å²) in [6.45, 7) is 17.3. The molecule has 0 aromatic heterocycles. The van der Waals surface area contributed by atoms with Gasteiger partial charge in [0.15, 0.2) is 0 Å². The van der Waals surface area contributed by atoms with Gasteiger partial charge in [0.05, 0.1) is 6.10 Å². The van der Waals surface area contributed by atoms with Gasteiger partial charge >= 0.3 is 0 Å². The topological polar surface area (TPSA) is 9.23 Å².